The SMILES string of the molecule is CCN(CC)C1=NC(N(CC)CC)=NCC(NC(=O)Nc2ccccc2)=C1. The molecular weight excluding hydrogens is 340 g/mol. The van der Waals surface area contributed by atoms with E-state index in [0.717, 1.165) is 43.4 Å². The highest BCUT2D eigenvalue weighted by Gasteiger charge is 2.16. The summed E-state index contributed by atoms with van der Waals surface area (Å²) in [5, 5.41) is 5.75. The first-order valence-corrected chi connectivity index (χ1v) is 9.57. The third-order valence-corrected chi connectivity index (χ3v) is 4.35. The third-order valence-electron chi connectivity index (χ3n) is 4.35. The lowest BCUT2D eigenvalue weighted by atomic mass is 10.3. The molecule has 1 aromatic carbocycles. The van der Waals surface area contributed by atoms with Crippen LogP contribution in [0.4, 0.5) is 10.5 Å². The van der Waals surface area contributed by atoms with E-state index in [1.165, 1.54) is 0 Å². The van der Waals surface area contributed by atoms with Gasteiger partial charge < -0.3 is 20.4 Å². The molecule has 1 aliphatic rings. The van der Waals surface area contributed by atoms with Crippen LogP contribution in [0.2, 0.25) is 0 Å². The molecule has 0 aliphatic carbocycles. The van der Waals surface area contributed by atoms with Crippen molar-refractivity contribution >= 4 is 23.5 Å². The number of urea groups is 1. The minimum absolute atomic E-state index is 0.284. The Hall–Kier alpha value is -2.83. The maximum Gasteiger partial charge on any atom is 0.323 e. The first kappa shape index (κ1) is 20.5. The standard InChI is InChI=1S/C20H30N6O/c1-5-25(6-2)18-14-17(15-21-19(24-18)26(7-3)8-4)23-20(27)22-16-12-10-9-11-13-16/h9-14H,5-8,15H2,1-4H3,(H2,22,23,27). The molecule has 1 heterocycles. The minimum Gasteiger partial charge on any atom is -0.357 e. The van der Waals surface area contributed by atoms with E-state index in [1.807, 2.05) is 36.4 Å². The molecule has 27 heavy (non-hydrogen) atoms. The Kier molecular flexibility index (Phi) is 7.85. The van der Waals surface area contributed by atoms with E-state index in [9.17, 15) is 4.79 Å². The minimum atomic E-state index is -0.284. The van der Waals surface area contributed by atoms with Crippen LogP contribution in [-0.4, -0.2) is 60.3 Å². The highest BCUT2D eigenvalue weighted by atomic mass is 16.2. The van der Waals surface area contributed by atoms with Gasteiger partial charge in [0.15, 0.2) is 0 Å². The number of amidine groups is 1. The molecule has 0 spiro atoms. The van der Waals surface area contributed by atoms with Crippen LogP contribution >= 0.6 is 0 Å². The Bertz CT molecular complexity index is 702. The highest BCUT2D eigenvalue weighted by Crippen LogP contribution is 2.09. The van der Waals surface area contributed by atoms with E-state index < -0.39 is 0 Å². The number of amides is 2. The van der Waals surface area contributed by atoms with Gasteiger partial charge in [-0.05, 0) is 39.8 Å². The molecule has 7 heteroatoms. The van der Waals surface area contributed by atoms with Crippen molar-refractivity contribution in [2.24, 2.45) is 9.98 Å². The van der Waals surface area contributed by atoms with E-state index >= 15 is 0 Å². The monoisotopic (exact) mass is 370 g/mol. The zero-order valence-electron chi connectivity index (χ0n) is 16.7. The lowest BCUT2D eigenvalue weighted by Crippen LogP contribution is -2.34. The molecule has 0 radical (unpaired) electrons. The second-order valence-corrected chi connectivity index (χ2v) is 6.05. The fraction of sp³-hybridized carbons (Fsp3) is 0.450. The number of carbonyl (C=O) groups excluding carboxylic acids is 1. The number of benzene rings is 1. The molecule has 0 atom stereocenters. The smallest absolute Gasteiger partial charge is 0.323 e. The van der Waals surface area contributed by atoms with Crippen molar-refractivity contribution in [2.75, 3.05) is 38.0 Å². The average molecular weight is 371 g/mol. The van der Waals surface area contributed by atoms with Gasteiger partial charge in [-0.15, -0.1) is 0 Å². The Labute approximate surface area is 161 Å². The Balaban J connectivity index is 2.20. The quantitative estimate of drug-likeness (QED) is 0.808. The molecule has 0 saturated carbocycles. The molecule has 0 bridgehead atoms. The Morgan fingerprint density at radius 3 is 2.19 bits per heavy atom. The summed E-state index contributed by atoms with van der Waals surface area (Å²) in [6.45, 7) is 12.1. The van der Waals surface area contributed by atoms with Crippen LogP contribution in [-0.2, 0) is 0 Å². The van der Waals surface area contributed by atoms with E-state index in [1.54, 1.807) is 0 Å². The third kappa shape index (κ3) is 5.84. The first-order chi connectivity index (χ1) is 13.1. The molecule has 0 fully saturated rings. The number of nitrogens with one attached hydrogen (secondary N) is 2. The van der Waals surface area contributed by atoms with Crippen molar-refractivity contribution in [1.82, 2.24) is 15.1 Å². The molecule has 1 aromatic rings. The Morgan fingerprint density at radius 2 is 1.59 bits per heavy atom. The van der Waals surface area contributed by atoms with Crippen molar-refractivity contribution in [1.29, 1.82) is 0 Å². The fourth-order valence-electron chi connectivity index (χ4n) is 2.82. The van der Waals surface area contributed by atoms with Gasteiger partial charge >= 0.3 is 6.03 Å². The summed E-state index contributed by atoms with van der Waals surface area (Å²) in [6, 6.07) is 9.08. The van der Waals surface area contributed by atoms with Crippen molar-refractivity contribution < 1.29 is 4.79 Å². The molecule has 2 amide bonds. The molecule has 1 aliphatic heterocycles. The summed E-state index contributed by atoms with van der Waals surface area (Å²) >= 11 is 0. The van der Waals surface area contributed by atoms with Gasteiger partial charge in [-0.1, -0.05) is 18.2 Å². The lowest BCUT2D eigenvalue weighted by Gasteiger charge is -2.23. The van der Waals surface area contributed by atoms with E-state index in [0.29, 0.717) is 12.5 Å². The van der Waals surface area contributed by atoms with Gasteiger partial charge in [0, 0.05) is 43.6 Å². The summed E-state index contributed by atoms with van der Waals surface area (Å²) in [5.41, 5.74) is 1.46. The number of rotatable bonds is 6. The Morgan fingerprint density at radius 1 is 0.963 bits per heavy atom. The molecule has 7 nitrogen and oxygen atoms in total. The van der Waals surface area contributed by atoms with Gasteiger partial charge in [-0.25, -0.2) is 9.79 Å². The van der Waals surface area contributed by atoms with Crippen molar-refractivity contribution in [2.45, 2.75) is 27.7 Å². The van der Waals surface area contributed by atoms with E-state index in [4.69, 9.17) is 4.99 Å². The second-order valence-electron chi connectivity index (χ2n) is 6.05. The van der Waals surface area contributed by atoms with Gasteiger partial charge in [0.05, 0.1) is 6.54 Å². The van der Waals surface area contributed by atoms with E-state index in [2.05, 4.69) is 53.1 Å². The first-order valence-electron chi connectivity index (χ1n) is 9.57. The van der Waals surface area contributed by atoms with Crippen molar-refractivity contribution in [3.63, 3.8) is 0 Å². The molecule has 0 saturated heterocycles. The fourth-order valence-corrected chi connectivity index (χ4v) is 2.82. The van der Waals surface area contributed by atoms with Gasteiger partial charge in [0.1, 0.15) is 5.84 Å². The summed E-state index contributed by atoms with van der Waals surface area (Å²) in [7, 11) is 0. The highest BCUT2D eigenvalue weighted by molar-refractivity contribution is 6.03. The predicted octanol–water partition coefficient (Wildman–Crippen LogP) is 3.14. The maximum absolute atomic E-state index is 12.4. The summed E-state index contributed by atoms with van der Waals surface area (Å²) in [6.07, 6.45) is 1.91. The number of anilines is 1. The maximum atomic E-state index is 12.4. The van der Waals surface area contributed by atoms with Crippen LogP contribution < -0.4 is 10.6 Å². The van der Waals surface area contributed by atoms with Crippen LogP contribution in [0.15, 0.2) is 52.1 Å². The van der Waals surface area contributed by atoms with Gasteiger partial charge in [-0.2, -0.15) is 4.99 Å². The average Bonchev–Trinajstić information content (AvgIpc) is 2.87. The van der Waals surface area contributed by atoms with Crippen molar-refractivity contribution in [3.8, 4) is 0 Å². The number of para-hydroxylation sites is 1. The lowest BCUT2D eigenvalue weighted by molar-refractivity contribution is 0.254. The number of likely N-dealkylation sites (N-methyl/N-ethyl adjacent to an activating group) is 1. The van der Waals surface area contributed by atoms with Crippen LogP contribution in [0, 0.1) is 0 Å². The number of nitrogens with zero attached hydrogens (tertiary/aromatic N) is 4. The molecular formula is C20H30N6O. The molecule has 146 valence electrons. The van der Waals surface area contributed by atoms with Gasteiger partial charge in [0.2, 0.25) is 5.96 Å². The van der Waals surface area contributed by atoms with Gasteiger partial charge in [0.25, 0.3) is 0 Å². The predicted molar refractivity (Wildman–Crippen MR) is 112 cm³/mol. The second kappa shape index (κ2) is 10.4. The zero-order chi connectivity index (χ0) is 19.6. The van der Waals surface area contributed by atoms with Crippen LogP contribution in [0.5, 0.6) is 0 Å². The molecule has 2 N–H and O–H groups in total. The number of guanidine groups is 1. The molecule has 2 rings (SSSR count). The van der Waals surface area contributed by atoms with E-state index in [-0.39, 0.29) is 6.03 Å². The summed E-state index contributed by atoms with van der Waals surface area (Å²) in [4.78, 5) is 26.0. The summed E-state index contributed by atoms with van der Waals surface area (Å²) in [5.74, 6) is 1.52. The summed E-state index contributed by atoms with van der Waals surface area (Å²) < 4.78 is 0. The number of carbonyl (C=O) groups is 1. The largest absolute Gasteiger partial charge is 0.357 e. The number of aliphatic imine (C=N–C) groups is 2. The van der Waals surface area contributed by atoms with Crippen LogP contribution in [0.3, 0.4) is 0 Å². The zero-order valence-corrected chi connectivity index (χ0v) is 16.7. The normalized spacial score (nSPS) is 13.7. The van der Waals surface area contributed by atoms with Crippen LogP contribution in [0.25, 0.3) is 0 Å². The number of hydrogen-bond donors (Lipinski definition) is 2. The molecule has 0 aromatic heterocycles. The molecule has 0 unspecified atom stereocenters. The van der Waals surface area contributed by atoms with Gasteiger partial charge in [-0.3, -0.25) is 0 Å². The van der Waals surface area contributed by atoms with Crippen molar-refractivity contribution in [3.05, 3.63) is 42.1 Å². The topological polar surface area (TPSA) is 72.3 Å². The number of hydrogen-bond acceptors (Lipinski definition) is 5. The van der Waals surface area contributed by atoms with Crippen LogP contribution in [0.1, 0.15) is 27.7 Å².